The van der Waals surface area contributed by atoms with Crippen molar-refractivity contribution in [3.05, 3.63) is 11.9 Å². The number of piperidine rings is 1. The molecule has 0 radical (unpaired) electrons. The minimum Gasteiger partial charge on any atom is -0.348 e. The van der Waals surface area contributed by atoms with E-state index in [4.69, 9.17) is 0 Å². The van der Waals surface area contributed by atoms with E-state index < -0.39 is 0 Å². The second kappa shape index (κ2) is 6.58. The predicted molar refractivity (Wildman–Crippen MR) is 79.0 cm³/mol. The van der Waals surface area contributed by atoms with Crippen LogP contribution in [0.4, 0.5) is 0 Å². The molecular formula is C13H21N5OS. The number of hydrogen-bond donors (Lipinski definition) is 2. The lowest BCUT2D eigenvalue weighted by Crippen LogP contribution is -2.37. The number of rotatable bonds is 3. The van der Waals surface area contributed by atoms with E-state index in [1.807, 2.05) is 16.4 Å². The van der Waals surface area contributed by atoms with Crippen molar-refractivity contribution in [3.63, 3.8) is 0 Å². The molecule has 2 N–H and O–H groups in total. The first kappa shape index (κ1) is 13.9. The lowest BCUT2D eigenvalue weighted by Gasteiger charge is -2.22. The topological polar surface area (TPSA) is 71.8 Å². The first-order chi connectivity index (χ1) is 9.83. The second-order valence-electron chi connectivity index (χ2n) is 5.43. The molecule has 0 aromatic carbocycles. The van der Waals surface area contributed by atoms with Crippen LogP contribution in [-0.4, -0.2) is 51.5 Å². The molecule has 3 heterocycles. The molecule has 0 aliphatic carbocycles. The van der Waals surface area contributed by atoms with E-state index in [1.165, 1.54) is 0 Å². The fourth-order valence-electron chi connectivity index (χ4n) is 2.73. The summed E-state index contributed by atoms with van der Waals surface area (Å²) in [4.78, 5) is 12.2. The molecular weight excluding hydrogens is 274 g/mol. The number of thioether (sulfide) groups is 1. The Kier molecular flexibility index (Phi) is 4.57. The van der Waals surface area contributed by atoms with Gasteiger partial charge in [0, 0.05) is 6.04 Å². The zero-order valence-electron chi connectivity index (χ0n) is 11.5. The van der Waals surface area contributed by atoms with Gasteiger partial charge in [-0.3, -0.25) is 4.79 Å². The molecule has 0 unspecified atom stereocenters. The average Bonchev–Trinajstić information content (AvgIpc) is 2.99. The minimum atomic E-state index is -0.0814. The first-order valence-corrected chi connectivity index (χ1v) is 8.49. The highest BCUT2D eigenvalue weighted by Crippen LogP contribution is 2.18. The van der Waals surface area contributed by atoms with Crippen molar-refractivity contribution in [1.82, 2.24) is 25.6 Å². The predicted octanol–water partition coefficient (Wildman–Crippen LogP) is 0.828. The lowest BCUT2D eigenvalue weighted by molar-refractivity contribution is 0.0929. The van der Waals surface area contributed by atoms with Crippen LogP contribution in [0, 0.1) is 0 Å². The van der Waals surface area contributed by atoms with E-state index in [0.29, 0.717) is 17.8 Å². The molecule has 2 saturated heterocycles. The van der Waals surface area contributed by atoms with Gasteiger partial charge >= 0.3 is 0 Å². The largest absolute Gasteiger partial charge is 0.348 e. The SMILES string of the molecule is O=C(NC1CCSCC1)c1cn(C2CCNCC2)nn1. The van der Waals surface area contributed by atoms with Crippen molar-refractivity contribution in [2.75, 3.05) is 24.6 Å². The summed E-state index contributed by atoms with van der Waals surface area (Å²) in [7, 11) is 0. The van der Waals surface area contributed by atoms with Crippen LogP contribution < -0.4 is 10.6 Å². The van der Waals surface area contributed by atoms with Crippen LogP contribution in [0.25, 0.3) is 0 Å². The Balaban J connectivity index is 1.58. The summed E-state index contributed by atoms with van der Waals surface area (Å²) >= 11 is 1.96. The van der Waals surface area contributed by atoms with Gasteiger partial charge in [-0.25, -0.2) is 4.68 Å². The third-order valence-electron chi connectivity index (χ3n) is 3.98. The van der Waals surface area contributed by atoms with Crippen LogP contribution in [-0.2, 0) is 0 Å². The van der Waals surface area contributed by atoms with Crippen molar-refractivity contribution < 1.29 is 4.79 Å². The van der Waals surface area contributed by atoms with Gasteiger partial charge < -0.3 is 10.6 Å². The summed E-state index contributed by atoms with van der Waals surface area (Å²) < 4.78 is 1.85. The third kappa shape index (κ3) is 3.32. The molecule has 2 fully saturated rings. The van der Waals surface area contributed by atoms with Gasteiger partial charge in [0.15, 0.2) is 5.69 Å². The Morgan fingerprint density at radius 1 is 1.30 bits per heavy atom. The smallest absolute Gasteiger partial charge is 0.273 e. The fraction of sp³-hybridized carbons (Fsp3) is 0.769. The van der Waals surface area contributed by atoms with Crippen LogP contribution in [0.15, 0.2) is 6.20 Å². The molecule has 2 aliphatic rings. The Labute approximate surface area is 123 Å². The number of hydrogen-bond acceptors (Lipinski definition) is 5. The number of nitrogens with zero attached hydrogens (tertiary/aromatic N) is 3. The van der Waals surface area contributed by atoms with Gasteiger partial charge in [-0.05, 0) is 50.3 Å². The molecule has 0 spiro atoms. The highest BCUT2D eigenvalue weighted by molar-refractivity contribution is 7.99. The molecule has 0 bridgehead atoms. The average molecular weight is 295 g/mol. The van der Waals surface area contributed by atoms with Crippen molar-refractivity contribution in [2.24, 2.45) is 0 Å². The molecule has 0 atom stereocenters. The second-order valence-corrected chi connectivity index (χ2v) is 6.65. The van der Waals surface area contributed by atoms with E-state index in [2.05, 4.69) is 20.9 Å². The van der Waals surface area contributed by atoms with Gasteiger partial charge in [0.1, 0.15) is 0 Å². The third-order valence-corrected chi connectivity index (χ3v) is 5.03. The summed E-state index contributed by atoms with van der Waals surface area (Å²) in [5, 5.41) is 14.6. The maximum Gasteiger partial charge on any atom is 0.273 e. The van der Waals surface area contributed by atoms with Crippen molar-refractivity contribution in [2.45, 2.75) is 37.8 Å². The maximum atomic E-state index is 12.2. The standard InChI is InChI=1S/C13H21N5OS/c19-13(15-10-3-7-20-8-4-10)12-9-18(17-16-12)11-1-5-14-6-2-11/h9-11,14H,1-8H2,(H,15,19). The van der Waals surface area contributed by atoms with Gasteiger partial charge in [0.05, 0.1) is 12.2 Å². The van der Waals surface area contributed by atoms with Gasteiger partial charge in [0.2, 0.25) is 0 Å². The Morgan fingerprint density at radius 3 is 2.80 bits per heavy atom. The van der Waals surface area contributed by atoms with Crippen LogP contribution in [0.5, 0.6) is 0 Å². The molecule has 110 valence electrons. The molecule has 2 aliphatic heterocycles. The highest BCUT2D eigenvalue weighted by atomic mass is 32.2. The molecule has 3 rings (SSSR count). The summed E-state index contributed by atoms with van der Waals surface area (Å²) in [5.41, 5.74) is 0.446. The van der Waals surface area contributed by atoms with E-state index in [0.717, 1.165) is 50.3 Å². The number of amides is 1. The zero-order chi connectivity index (χ0) is 13.8. The number of nitrogens with one attached hydrogen (secondary N) is 2. The highest BCUT2D eigenvalue weighted by Gasteiger charge is 2.21. The molecule has 0 saturated carbocycles. The van der Waals surface area contributed by atoms with Gasteiger partial charge in [0.25, 0.3) is 5.91 Å². The fourth-order valence-corrected chi connectivity index (χ4v) is 3.84. The zero-order valence-corrected chi connectivity index (χ0v) is 12.4. The van der Waals surface area contributed by atoms with Gasteiger partial charge in [-0.15, -0.1) is 5.10 Å². The summed E-state index contributed by atoms with van der Waals surface area (Å²) in [6.07, 6.45) is 6.00. The van der Waals surface area contributed by atoms with Crippen LogP contribution in [0.3, 0.4) is 0 Å². The molecule has 20 heavy (non-hydrogen) atoms. The molecule has 7 heteroatoms. The summed E-state index contributed by atoms with van der Waals surface area (Å²) in [6, 6.07) is 0.671. The van der Waals surface area contributed by atoms with E-state index in [9.17, 15) is 4.79 Å². The quantitative estimate of drug-likeness (QED) is 0.864. The normalized spacial score (nSPS) is 21.8. The van der Waals surface area contributed by atoms with Crippen LogP contribution in [0.2, 0.25) is 0 Å². The number of carbonyl (C=O) groups is 1. The Morgan fingerprint density at radius 2 is 2.05 bits per heavy atom. The van der Waals surface area contributed by atoms with Crippen LogP contribution >= 0.6 is 11.8 Å². The van der Waals surface area contributed by atoms with Crippen LogP contribution in [0.1, 0.15) is 42.2 Å². The monoisotopic (exact) mass is 295 g/mol. The van der Waals surface area contributed by atoms with E-state index in [1.54, 1.807) is 6.20 Å². The maximum absolute atomic E-state index is 12.2. The van der Waals surface area contributed by atoms with Crippen molar-refractivity contribution in [3.8, 4) is 0 Å². The summed E-state index contributed by atoms with van der Waals surface area (Å²) in [6.45, 7) is 2.01. The number of carbonyl (C=O) groups excluding carboxylic acids is 1. The Hall–Kier alpha value is -1.08. The molecule has 6 nitrogen and oxygen atoms in total. The van der Waals surface area contributed by atoms with Crippen molar-refractivity contribution in [1.29, 1.82) is 0 Å². The minimum absolute atomic E-state index is 0.0814. The van der Waals surface area contributed by atoms with Gasteiger partial charge in [-0.2, -0.15) is 11.8 Å². The lowest BCUT2D eigenvalue weighted by atomic mass is 10.1. The molecule has 1 aromatic rings. The van der Waals surface area contributed by atoms with E-state index in [-0.39, 0.29) is 5.91 Å². The first-order valence-electron chi connectivity index (χ1n) is 7.34. The van der Waals surface area contributed by atoms with E-state index >= 15 is 0 Å². The van der Waals surface area contributed by atoms with Crippen molar-refractivity contribution >= 4 is 17.7 Å². The summed E-state index contributed by atoms with van der Waals surface area (Å²) in [5.74, 6) is 2.18. The number of aromatic nitrogens is 3. The molecule has 1 amide bonds. The van der Waals surface area contributed by atoms with Gasteiger partial charge in [-0.1, -0.05) is 5.21 Å². The molecule has 1 aromatic heterocycles. The Bertz CT molecular complexity index is 451.